The van der Waals surface area contributed by atoms with Gasteiger partial charge in [-0.05, 0) is 19.1 Å². The third-order valence-electron chi connectivity index (χ3n) is 1.47. The summed E-state index contributed by atoms with van der Waals surface area (Å²) >= 11 is 6.64. The number of rotatable bonds is 3. The molecule has 76 valence electrons. The van der Waals surface area contributed by atoms with Crippen molar-refractivity contribution in [1.29, 1.82) is 0 Å². The number of carbonyl (C=O) groups excluding carboxylic acids is 1. The van der Waals surface area contributed by atoms with Crippen LogP contribution in [0, 0.1) is 0 Å². The van der Waals surface area contributed by atoms with E-state index in [4.69, 9.17) is 4.74 Å². The van der Waals surface area contributed by atoms with Crippen molar-refractivity contribution in [2.45, 2.75) is 10.2 Å². The molecule has 0 radical (unpaired) electrons. The van der Waals surface area contributed by atoms with Crippen LogP contribution in [-0.4, -0.2) is 15.8 Å². The second-order valence-corrected chi connectivity index (χ2v) is 7.58. The van der Waals surface area contributed by atoms with Crippen LogP contribution in [0.25, 0.3) is 0 Å². The van der Waals surface area contributed by atoms with Gasteiger partial charge in [0.1, 0.15) is 9.84 Å². The molecule has 0 amide bonds. The first kappa shape index (κ1) is 11.7. The molecule has 0 unspecified atom stereocenters. The van der Waals surface area contributed by atoms with Crippen LogP contribution in [0.2, 0.25) is 0 Å². The van der Waals surface area contributed by atoms with Crippen molar-refractivity contribution in [3.8, 4) is 0 Å². The van der Waals surface area contributed by atoms with Gasteiger partial charge in [0.15, 0.2) is 0 Å². The van der Waals surface area contributed by atoms with E-state index < -0.39 is 0 Å². The maximum Gasteiger partial charge on any atom is 0.338 e. The van der Waals surface area contributed by atoms with Crippen molar-refractivity contribution < 1.29 is 9.53 Å². The predicted molar refractivity (Wildman–Crippen MR) is 63.0 cm³/mol. The normalized spacial score (nSPS) is 11.1. The zero-order chi connectivity index (χ0) is 10.6. The van der Waals surface area contributed by atoms with Crippen LogP contribution in [0.4, 0.5) is 0 Å². The standard InChI is InChI=1S/C10H10Br2O2/c1-10(11,12)7-14-9(13)8-5-3-2-4-6-8/h2-6H,7H2,1H3. The highest BCUT2D eigenvalue weighted by Gasteiger charge is 2.18. The average Bonchev–Trinajstić information content (AvgIpc) is 2.14. The molecule has 0 atom stereocenters. The van der Waals surface area contributed by atoms with E-state index in [1.807, 2.05) is 13.0 Å². The molecule has 0 aliphatic heterocycles. The first-order valence-corrected chi connectivity index (χ1v) is 5.68. The number of carbonyl (C=O) groups is 1. The third-order valence-corrected chi connectivity index (χ3v) is 1.92. The highest BCUT2D eigenvalue weighted by Crippen LogP contribution is 2.25. The third kappa shape index (κ3) is 4.24. The van der Waals surface area contributed by atoms with Crippen LogP contribution in [0.3, 0.4) is 0 Å². The van der Waals surface area contributed by atoms with Crippen molar-refractivity contribution in [3.63, 3.8) is 0 Å². The van der Waals surface area contributed by atoms with Crippen LogP contribution in [0.15, 0.2) is 30.3 Å². The predicted octanol–water partition coefficient (Wildman–Crippen LogP) is 3.35. The van der Waals surface area contributed by atoms with Crippen LogP contribution in [0.5, 0.6) is 0 Å². The van der Waals surface area contributed by atoms with Crippen LogP contribution < -0.4 is 0 Å². The number of halogens is 2. The highest BCUT2D eigenvalue weighted by molar-refractivity contribution is 9.25. The lowest BCUT2D eigenvalue weighted by Gasteiger charge is -2.13. The lowest BCUT2D eigenvalue weighted by molar-refractivity contribution is 0.0505. The van der Waals surface area contributed by atoms with E-state index in [1.165, 1.54) is 0 Å². The zero-order valence-corrected chi connectivity index (χ0v) is 10.8. The van der Waals surface area contributed by atoms with E-state index in [2.05, 4.69) is 31.9 Å². The minimum Gasteiger partial charge on any atom is -0.460 e. The average molecular weight is 322 g/mol. The van der Waals surface area contributed by atoms with E-state index in [1.54, 1.807) is 24.3 Å². The van der Waals surface area contributed by atoms with Gasteiger partial charge >= 0.3 is 5.97 Å². The quantitative estimate of drug-likeness (QED) is 0.630. The molecular formula is C10H10Br2O2. The Bertz CT molecular complexity index is 304. The Morgan fingerprint density at radius 3 is 2.43 bits per heavy atom. The molecule has 0 aromatic heterocycles. The first-order chi connectivity index (χ1) is 6.49. The lowest BCUT2D eigenvalue weighted by atomic mass is 10.2. The van der Waals surface area contributed by atoms with Crippen molar-refractivity contribution in [3.05, 3.63) is 35.9 Å². The zero-order valence-electron chi connectivity index (χ0n) is 7.67. The summed E-state index contributed by atoms with van der Waals surface area (Å²) in [6.07, 6.45) is 0. The molecule has 0 bridgehead atoms. The number of alkyl halides is 2. The van der Waals surface area contributed by atoms with Gasteiger partial charge in [-0.3, -0.25) is 0 Å². The molecule has 0 spiro atoms. The molecule has 1 aromatic rings. The molecule has 0 fully saturated rings. The summed E-state index contributed by atoms with van der Waals surface area (Å²) in [5.74, 6) is -0.310. The molecule has 1 rings (SSSR count). The van der Waals surface area contributed by atoms with Crippen molar-refractivity contribution in [1.82, 2.24) is 0 Å². The fraction of sp³-hybridized carbons (Fsp3) is 0.300. The Balaban J connectivity index is 2.52. The van der Waals surface area contributed by atoms with Gasteiger partial charge in [-0.1, -0.05) is 50.1 Å². The fourth-order valence-corrected chi connectivity index (χ4v) is 1.08. The van der Waals surface area contributed by atoms with Crippen LogP contribution >= 0.6 is 31.9 Å². The van der Waals surface area contributed by atoms with E-state index >= 15 is 0 Å². The first-order valence-electron chi connectivity index (χ1n) is 4.09. The number of ether oxygens (including phenoxy) is 1. The van der Waals surface area contributed by atoms with Crippen LogP contribution in [0.1, 0.15) is 17.3 Å². The molecule has 0 saturated heterocycles. The van der Waals surface area contributed by atoms with Crippen LogP contribution in [-0.2, 0) is 4.74 Å². The topological polar surface area (TPSA) is 26.3 Å². The molecule has 0 aliphatic carbocycles. The fourth-order valence-electron chi connectivity index (χ4n) is 0.850. The summed E-state index contributed by atoms with van der Waals surface area (Å²) in [6.45, 7) is 2.14. The van der Waals surface area contributed by atoms with Gasteiger partial charge < -0.3 is 4.74 Å². The van der Waals surface area contributed by atoms with E-state index in [-0.39, 0.29) is 15.8 Å². The molecule has 1 aromatic carbocycles. The SMILES string of the molecule is CC(Br)(Br)COC(=O)c1ccccc1. The molecule has 0 saturated carbocycles. The molecule has 4 heteroatoms. The Hall–Kier alpha value is -0.350. The van der Waals surface area contributed by atoms with E-state index in [0.29, 0.717) is 5.56 Å². The largest absolute Gasteiger partial charge is 0.460 e. The second kappa shape index (κ2) is 4.94. The molecular weight excluding hydrogens is 312 g/mol. The molecule has 14 heavy (non-hydrogen) atoms. The Labute approximate surface area is 99.9 Å². The van der Waals surface area contributed by atoms with Gasteiger partial charge in [0, 0.05) is 0 Å². The Morgan fingerprint density at radius 2 is 1.93 bits per heavy atom. The Morgan fingerprint density at radius 1 is 1.36 bits per heavy atom. The van der Waals surface area contributed by atoms with Gasteiger partial charge in [0.2, 0.25) is 0 Å². The number of esters is 1. The summed E-state index contributed by atoms with van der Waals surface area (Å²) in [4.78, 5) is 11.4. The summed E-state index contributed by atoms with van der Waals surface area (Å²) < 4.78 is 4.70. The minimum atomic E-state index is -0.357. The van der Waals surface area contributed by atoms with Crippen molar-refractivity contribution in [2.24, 2.45) is 0 Å². The second-order valence-electron chi connectivity index (χ2n) is 3.01. The molecule has 0 heterocycles. The van der Waals surface area contributed by atoms with Gasteiger partial charge in [-0.15, -0.1) is 0 Å². The maximum absolute atomic E-state index is 11.4. The van der Waals surface area contributed by atoms with E-state index in [9.17, 15) is 4.79 Å². The highest BCUT2D eigenvalue weighted by atomic mass is 79.9. The van der Waals surface area contributed by atoms with Crippen molar-refractivity contribution >= 4 is 37.8 Å². The summed E-state index contributed by atoms with van der Waals surface area (Å²) in [5.41, 5.74) is 0.566. The smallest absolute Gasteiger partial charge is 0.338 e. The number of hydrogen-bond acceptors (Lipinski definition) is 2. The van der Waals surface area contributed by atoms with E-state index in [0.717, 1.165) is 0 Å². The van der Waals surface area contributed by atoms with Gasteiger partial charge in [-0.2, -0.15) is 0 Å². The molecule has 0 aliphatic rings. The minimum absolute atomic E-state index is 0.278. The summed E-state index contributed by atoms with van der Waals surface area (Å²) in [6, 6.07) is 8.91. The number of benzene rings is 1. The lowest BCUT2D eigenvalue weighted by Crippen LogP contribution is -2.18. The Kier molecular flexibility index (Phi) is 4.13. The molecule has 2 nitrogen and oxygen atoms in total. The monoisotopic (exact) mass is 320 g/mol. The maximum atomic E-state index is 11.4. The van der Waals surface area contributed by atoms with Gasteiger partial charge in [0.05, 0.1) is 5.56 Å². The molecule has 0 N–H and O–H groups in total. The van der Waals surface area contributed by atoms with Gasteiger partial charge in [0.25, 0.3) is 0 Å². The van der Waals surface area contributed by atoms with Gasteiger partial charge in [-0.25, -0.2) is 4.79 Å². The van der Waals surface area contributed by atoms with Crippen molar-refractivity contribution in [2.75, 3.05) is 6.61 Å². The summed E-state index contributed by atoms with van der Waals surface area (Å²) in [7, 11) is 0. The summed E-state index contributed by atoms with van der Waals surface area (Å²) in [5, 5.41) is 0. The number of hydrogen-bond donors (Lipinski definition) is 0.